The Morgan fingerprint density at radius 3 is 2.93 bits per heavy atom. The second-order valence-corrected chi connectivity index (χ2v) is 7.17. The van der Waals surface area contributed by atoms with Crippen LogP contribution in [0.4, 0.5) is 5.69 Å². The fourth-order valence-corrected chi connectivity index (χ4v) is 3.60. The molecule has 1 unspecified atom stereocenters. The Morgan fingerprint density at radius 1 is 1.25 bits per heavy atom. The van der Waals surface area contributed by atoms with E-state index in [0.717, 1.165) is 19.5 Å². The molecule has 2 aliphatic rings. The molecule has 2 aromatic rings. The van der Waals surface area contributed by atoms with Gasteiger partial charge >= 0.3 is 0 Å². The molecule has 2 amide bonds. The summed E-state index contributed by atoms with van der Waals surface area (Å²) in [5.74, 6) is -0.0284. The Hall–Kier alpha value is -2.90. The third kappa shape index (κ3) is 4.16. The summed E-state index contributed by atoms with van der Waals surface area (Å²) in [5.41, 5.74) is 3.64. The van der Waals surface area contributed by atoms with Gasteiger partial charge in [0, 0.05) is 31.7 Å². The highest BCUT2D eigenvalue weighted by Gasteiger charge is 2.20. The Kier molecular flexibility index (Phi) is 5.27. The van der Waals surface area contributed by atoms with Gasteiger partial charge in [-0.05, 0) is 35.7 Å². The zero-order valence-corrected chi connectivity index (χ0v) is 15.5. The van der Waals surface area contributed by atoms with Crippen LogP contribution in [0.3, 0.4) is 0 Å². The van der Waals surface area contributed by atoms with Crippen molar-refractivity contribution in [3.8, 4) is 5.75 Å². The van der Waals surface area contributed by atoms with Gasteiger partial charge in [0.1, 0.15) is 5.75 Å². The summed E-state index contributed by atoms with van der Waals surface area (Å²) in [6, 6.07) is 13.2. The zero-order chi connectivity index (χ0) is 19.5. The highest BCUT2D eigenvalue weighted by molar-refractivity contribution is 5.98. The van der Waals surface area contributed by atoms with Crippen molar-refractivity contribution in [3.05, 3.63) is 59.2 Å². The van der Waals surface area contributed by atoms with Crippen LogP contribution in [0.1, 0.15) is 21.5 Å². The van der Waals surface area contributed by atoms with Crippen LogP contribution in [0.15, 0.2) is 42.5 Å². The molecular weight excluding hydrogens is 358 g/mol. The minimum absolute atomic E-state index is 0.0598. The molecule has 0 saturated carbocycles. The average Bonchev–Trinajstić information content (AvgIpc) is 2.71. The lowest BCUT2D eigenvalue weighted by Gasteiger charge is -2.30. The largest absolute Gasteiger partial charge is 0.482 e. The molecule has 28 heavy (non-hydrogen) atoms. The minimum Gasteiger partial charge on any atom is -0.482 e. The lowest BCUT2D eigenvalue weighted by molar-refractivity contribution is -0.118. The lowest BCUT2D eigenvalue weighted by atomic mass is 10.00. The smallest absolute Gasteiger partial charge is 0.262 e. The highest BCUT2D eigenvalue weighted by Crippen LogP contribution is 2.28. The number of fused-ring (bicyclic) bond motifs is 2. The van der Waals surface area contributed by atoms with Gasteiger partial charge in [-0.15, -0.1) is 0 Å². The summed E-state index contributed by atoms with van der Waals surface area (Å²) in [7, 11) is 0. The van der Waals surface area contributed by atoms with Crippen LogP contribution in [0.25, 0.3) is 0 Å². The van der Waals surface area contributed by atoms with Crippen molar-refractivity contribution in [3.63, 3.8) is 0 Å². The number of anilines is 1. The molecule has 7 heteroatoms. The summed E-state index contributed by atoms with van der Waals surface area (Å²) in [6.45, 7) is 2.33. The maximum absolute atomic E-state index is 12.4. The van der Waals surface area contributed by atoms with Crippen molar-refractivity contribution in [2.45, 2.75) is 19.1 Å². The predicted molar refractivity (Wildman–Crippen MR) is 104 cm³/mol. The summed E-state index contributed by atoms with van der Waals surface area (Å²) >= 11 is 0. The molecule has 0 fully saturated rings. The van der Waals surface area contributed by atoms with Crippen LogP contribution in [0.2, 0.25) is 0 Å². The van der Waals surface area contributed by atoms with E-state index < -0.39 is 6.10 Å². The molecule has 146 valence electrons. The van der Waals surface area contributed by atoms with Crippen LogP contribution in [-0.2, 0) is 17.8 Å². The predicted octanol–water partition coefficient (Wildman–Crippen LogP) is 1.17. The van der Waals surface area contributed by atoms with Gasteiger partial charge in [0.05, 0.1) is 11.8 Å². The van der Waals surface area contributed by atoms with Gasteiger partial charge < -0.3 is 20.5 Å². The second-order valence-electron chi connectivity index (χ2n) is 7.17. The van der Waals surface area contributed by atoms with Crippen LogP contribution < -0.4 is 15.4 Å². The number of aliphatic hydroxyl groups is 1. The molecule has 2 aromatic carbocycles. The van der Waals surface area contributed by atoms with E-state index >= 15 is 0 Å². The number of carbonyl (C=O) groups excluding carboxylic acids is 2. The number of ether oxygens (including phenoxy) is 1. The van der Waals surface area contributed by atoms with Crippen molar-refractivity contribution in [1.82, 2.24) is 10.2 Å². The van der Waals surface area contributed by atoms with Gasteiger partial charge in [0.25, 0.3) is 11.8 Å². The van der Waals surface area contributed by atoms with E-state index in [0.29, 0.717) is 23.5 Å². The van der Waals surface area contributed by atoms with Crippen molar-refractivity contribution in [1.29, 1.82) is 0 Å². The minimum atomic E-state index is -0.651. The molecule has 0 bridgehead atoms. The Balaban J connectivity index is 1.28. The van der Waals surface area contributed by atoms with Crippen molar-refractivity contribution in [2.24, 2.45) is 0 Å². The van der Waals surface area contributed by atoms with E-state index in [4.69, 9.17) is 4.74 Å². The van der Waals surface area contributed by atoms with E-state index in [9.17, 15) is 14.7 Å². The molecule has 3 N–H and O–H groups in total. The van der Waals surface area contributed by atoms with Crippen molar-refractivity contribution >= 4 is 17.5 Å². The number of aliphatic hydroxyl groups excluding tert-OH is 1. The van der Waals surface area contributed by atoms with Gasteiger partial charge in [0.15, 0.2) is 6.61 Å². The first-order valence-electron chi connectivity index (χ1n) is 9.40. The second kappa shape index (κ2) is 8.00. The molecule has 7 nitrogen and oxygen atoms in total. The summed E-state index contributed by atoms with van der Waals surface area (Å²) < 4.78 is 5.33. The van der Waals surface area contributed by atoms with Gasteiger partial charge in [0.2, 0.25) is 0 Å². The molecule has 0 aromatic heterocycles. The monoisotopic (exact) mass is 381 g/mol. The molecule has 4 rings (SSSR count). The third-order valence-corrected chi connectivity index (χ3v) is 5.05. The van der Waals surface area contributed by atoms with Gasteiger partial charge in [-0.1, -0.05) is 24.3 Å². The number of nitrogens with one attached hydrogen (secondary N) is 2. The SMILES string of the molecule is O=C1COc2cc(C(=O)NCC(O)CN3CCc4ccccc4C3)ccc2N1. The lowest BCUT2D eigenvalue weighted by Crippen LogP contribution is -2.42. The molecule has 2 aliphatic heterocycles. The van der Waals surface area contributed by atoms with Gasteiger partial charge in [-0.25, -0.2) is 0 Å². The van der Waals surface area contributed by atoms with Crippen molar-refractivity contribution in [2.75, 3.05) is 31.6 Å². The summed E-state index contributed by atoms with van der Waals surface area (Å²) in [5, 5.41) is 15.8. The maximum atomic E-state index is 12.4. The van der Waals surface area contributed by atoms with Gasteiger partial charge in [-0.2, -0.15) is 0 Å². The van der Waals surface area contributed by atoms with Crippen LogP contribution in [0, 0.1) is 0 Å². The Labute approximate surface area is 163 Å². The van der Waals surface area contributed by atoms with Crippen LogP contribution in [0.5, 0.6) is 5.75 Å². The van der Waals surface area contributed by atoms with Crippen molar-refractivity contribution < 1.29 is 19.4 Å². The number of β-amino-alcohol motifs (C(OH)–C–C–N with tert-alkyl or cyclic N) is 1. The van der Waals surface area contributed by atoms with Crippen LogP contribution >= 0.6 is 0 Å². The first-order valence-corrected chi connectivity index (χ1v) is 9.40. The normalized spacial score (nSPS) is 17.0. The molecule has 2 heterocycles. The molecule has 0 aliphatic carbocycles. The number of rotatable bonds is 5. The first kappa shape index (κ1) is 18.5. The first-order chi connectivity index (χ1) is 13.6. The molecule has 0 radical (unpaired) electrons. The Morgan fingerprint density at radius 2 is 2.07 bits per heavy atom. The zero-order valence-electron chi connectivity index (χ0n) is 15.5. The summed E-state index contributed by atoms with van der Waals surface area (Å²) in [4.78, 5) is 25.9. The molecule has 0 spiro atoms. The number of hydrogen-bond donors (Lipinski definition) is 3. The number of hydrogen-bond acceptors (Lipinski definition) is 5. The molecule has 1 atom stereocenters. The topological polar surface area (TPSA) is 90.9 Å². The maximum Gasteiger partial charge on any atom is 0.262 e. The standard InChI is InChI=1S/C21H23N3O4/c25-17(12-24-8-7-14-3-1-2-4-16(14)11-24)10-22-21(27)15-5-6-18-19(9-15)28-13-20(26)23-18/h1-6,9,17,25H,7-8,10-13H2,(H,22,27)(H,23,26). The van der Waals surface area contributed by atoms with Gasteiger partial charge in [-0.3, -0.25) is 14.5 Å². The third-order valence-electron chi connectivity index (χ3n) is 5.05. The number of carbonyl (C=O) groups is 2. The molecular formula is C21H23N3O4. The number of nitrogens with zero attached hydrogens (tertiary/aromatic N) is 1. The average molecular weight is 381 g/mol. The quantitative estimate of drug-likeness (QED) is 0.723. The van der Waals surface area contributed by atoms with E-state index in [1.165, 1.54) is 11.1 Å². The highest BCUT2D eigenvalue weighted by atomic mass is 16.5. The molecule has 0 saturated heterocycles. The van der Waals surface area contributed by atoms with E-state index in [2.05, 4.69) is 33.7 Å². The van der Waals surface area contributed by atoms with E-state index in [1.807, 2.05) is 6.07 Å². The Bertz CT molecular complexity index is 899. The summed E-state index contributed by atoms with van der Waals surface area (Å²) in [6.07, 6.45) is 0.323. The fraction of sp³-hybridized carbons (Fsp3) is 0.333. The van der Waals surface area contributed by atoms with Crippen LogP contribution in [-0.4, -0.2) is 54.2 Å². The van der Waals surface area contributed by atoms with E-state index in [1.54, 1.807) is 18.2 Å². The number of amides is 2. The van der Waals surface area contributed by atoms with E-state index in [-0.39, 0.29) is 25.0 Å². The fourth-order valence-electron chi connectivity index (χ4n) is 3.60. The number of benzene rings is 2.